The molecule has 1 unspecified atom stereocenters. The highest BCUT2D eigenvalue weighted by Gasteiger charge is 2.14. The van der Waals surface area contributed by atoms with Crippen LogP contribution in [0.1, 0.15) is 12.5 Å². The van der Waals surface area contributed by atoms with Crippen molar-refractivity contribution in [3.05, 3.63) is 84.4 Å². The Bertz CT molecular complexity index is 1040. The van der Waals surface area contributed by atoms with Crippen molar-refractivity contribution in [2.24, 2.45) is 0 Å². The third-order valence-corrected chi connectivity index (χ3v) is 5.74. The standard InChI is InChI=1S/C23H21N3OS/c1-16(28-15-17-7-3-2-4-8-17)23(27)24-19-13-11-18(12-14-19)22-25-20-9-5-6-10-21(20)26-22/h2-14,16H,15H2,1H3,(H,24,27)(H,25,26). The number of amides is 1. The van der Waals surface area contributed by atoms with E-state index in [-0.39, 0.29) is 11.2 Å². The largest absolute Gasteiger partial charge is 0.338 e. The van der Waals surface area contributed by atoms with E-state index < -0.39 is 0 Å². The third kappa shape index (κ3) is 4.26. The number of nitrogens with zero attached hydrogens (tertiary/aromatic N) is 1. The van der Waals surface area contributed by atoms with E-state index in [1.165, 1.54) is 5.56 Å². The first-order chi connectivity index (χ1) is 13.7. The number of rotatable bonds is 6. The summed E-state index contributed by atoms with van der Waals surface area (Å²) in [5, 5.41) is 2.86. The van der Waals surface area contributed by atoms with Gasteiger partial charge in [-0.15, -0.1) is 11.8 Å². The lowest BCUT2D eigenvalue weighted by Gasteiger charge is -2.12. The van der Waals surface area contributed by atoms with Crippen LogP contribution in [0.4, 0.5) is 5.69 Å². The highest BCUT2D eigenvalue weighted by Crippen LogP contribution is 2.23. The predicted octanol–water partition coefficient (Wildman–Crippen LogP) is 5.49. The molecule has 0 radical (unpaired) electrons. The Labute approximate surface area is 168 Å². The normalized spacial score (nSPS) is 12.0. The van der Waals surface area contributed by atoms with Crippen molar-refractivity contribution >= 4 is 34.4 Å². The summed E-state index contributed by atoms with van der Waals surface area (Å²) < 4.78 is 0. The monoisotopic (exact) mass is 387 g/mol. The number of aromatic amines is 1. The molecule has 28 heavy (non-hydrogen) atoms. The van der Waals surface area contributed by atoms with E-state index >= 15 is 0 Å². The molecule has 3 aromatic carbocycles. The van der Waals surface area contributed by atoms with Crippen molar-refractivity contribution in [1.29, 1.82) is 0 Å². The Morgan fingerprint density at radius 2 is 1.71 bits per heavy atom. The molecule has 1 atom stereocenters. The van der Waals surface area contributed by atoms with Crippen molar-refractivity contribution in [3.8, 4) is 11.4 Å². The lowest BCUT2D eigenvalue weighted by molar-refractivity contribution is -0.115. The van der Waals surface area contributed by atoms with Gasteiger partial charge in [-0.25, -0.2) is 4.98 Å². The minimum atomic E-state index is -0.129. The summed E-state index contributed by atoms with van der Waals surface area (Å²) in [5.41, 5.74) is 4.96. The summed E-state index contributed by atoms with van der Waals surface area (Å²) in [6, 6.07) is 25.9. The molecule has 0 saturated carbocycles. The van der Waals surface area contributed by atoms with E-state index in [1.54, 1.807) is 11.8 Å². The lowest BCUT2D eigenvalue weighted by atomic mass is 10.2. The number of carbonyl (C=O) groups is 1. The van der Waals surface area contributed by atoms with Crippen molar-refractivity contribution in [3.63, 3.8) is 0 Å². The molecule has 0 spiro atoms. The zero-order valence-electron chi connectivity index (χ0n) is 15.6. The van der Waals surface area contributed by atoms with Crippen LogP contribution in [0.3, 0.4) is 0 Å². The van der Waals surface area contributed by atoms with E-state index in [9.17, 15) is 4.79 Å². The fourth-order valence-corrected chi connectivity index (χ4v) is 3.76. The lowest BCUT2D eigenvalue weighted by Crippen LogP contribution is -2.22. The van der Waals surface area contributed by atoms with Crippen LogP contribution in [-0.2, 0) is 10.5 Å². The number of imidazole rings is 1. The van der Waals surface area contributed by atoms with E-state index in [1.807, 2.05) is 73.7 Å². The van der Waals surface area contributed by atoms with Gasteiger partial charge in [-0.2, -0.15) is 0 Å². The summed E-state index contributed by atoms with van der Waals surface area (Å²) in [6.45, 7) is 1.94. The molecule has 2 N–H and O–H groups in total. The number of para-hydroxylation sites is 2. The molecule has 4 aromatic rings. The number of nitrogens with one attached hydrogen (secondary N) is 2. The molecular formula is C23H21N3OS. The average molecular weight is 388 g/mol. The van der Waals surface area contributed by atoms with Gasteiger partial charge >= 0.3 is 0 Å². The second kappa shape index (κ2) is 8.31. The Kier molecular flexibility index (Phi) is 5.44. The molecule has 0 aliphatic heterocycles. The van der Waals surface area contributed by atoms with Gasteiger partial charge in [-0.3, -0.25) is 4.79 Å². The van der Waals surface area contributed by atoms with Crippen molar-refractivity contribution in [2.75, 3.05) is 5.32 Å². The Morgan fingerprint density at radius 3 is 2.46 bits per heavy atom. The summed E-state index contributed by atoms with van der Waals surface area (Å²) in [6.07, 6.45) is 0. The van der Waals surface area contributed by atoms with Crippen LogP contribution in [-0.4, -0.2) is 21.1 Å². The highest BCUT2D eigenvalue weighted by molar-refractivity contribution is 7.99. The number of hydrogen-bond acceptors (Lipinski definition) is 3. The summed E-state index contributed by atoms with van der Waals surface area (Å²) >= 11 is 1.63. The predicted molar refractivity (Wildman–Crippen MR) is 117 cm³/mol. The van der Waals surface area contributed by atoms with Gasteiger partial charge in [0.05, 0.1) is 16.3 Å². The molecule has 140 valence electrons. The van der Waals surface area contributed by atoms with Crippen LogP contribution in [0, 0.1) is 0 Å². The Hall–Kier alpha value is -3.05. The minimum Gasteiger partial charge on any atom is -0.338 e. The molecular weight excluding hydrogens is 366 g/mol. The Balaban J connectivity index is 1.37. The molecule has 4 rings (SSSR count). The number of carbonyl (C=O) groups excluding carboxylic acids is 1. The van der Waals surface area contributed by atoms with Crippen molar-refractivity contribution in [1.82, 2.24) is 9.97 Å². The van der Waals surface area contributed by atoms with Gasteiger partial charge in [0, 0.05) is 17.0 Å². The average Bonchev–Trinajstić information content (AvgIpc) is 3.17. The third-order valence-electron chi connectivity index (χ3n) is 4.53. The number of fused-ring (bicyclic) bond motifs is 1. The second-order valence-electron chi connectivity index (χ2n) is 6.61. The van der Waals surface area contributed by atoms with E-state index in [0.717, 1.165) is 33.9 Å². The maximum Gasteiger partial charge on any atom is 0.237 e. The summed E-state index contributed by atoms with van der Waals surface area (Å²) in [5.74, 6) is 1.66. The maximum absolute atomic E-state index is 12.5. The van der Waals surface area contributed by atoms with Gasteiger partial charge in [-0.1, -0.05) is 42.5 Å². The van der Waals surface area contributed by atoms with Crippen LogP contribution in [0.25, 0.3) is 22.4 Å². The number of thioether (sulfide) groups is 1. The fraction of sp³-hybridized carbons (Fsp3) is 0.130. The number of aromatic nitrogens is 2. The highest BCUT2D eigenvalue weighted by atomic mass is 32.2. The summed E-state index contributed by atoms with van der Waals surface area (Å²) in [7, 11) is 0. The zero-order chi connectivity index (χ0) is 19.3. The molecule has 0 bridgehead atoms. The first-order valence-corrected chi connectivity index (χ1v) is 10.3. The van der Waals surface area contributed by atoms with Gasteiger partial charge in [-0.05, 0) is 48.9 Å². The van der Waals surface area contributed by atoms with Crippen LogP contribution in [0.15, 0.2) is 78.9 Å². The van der Waals surface area contributed by atoms with Gasteiger partial charge in [0.2, 0.25) is 5.91 Å². The smallest absolute Gasteiger partial charge is 0.237 e. The fourth-order valence-electron chi connectivity index (χ4n) is 2.92. The van der Waals surface area contributed by atoms with Crippen LogP contribution in [0.2, 0.25) is 0 Å². The van der Waals surface area contributed by atoms with E-state index in [2.05, 4.69) is 27.4 Å². The first-order valence-electron chi connectivity index (χ1n) is 9.20. The van der Waals surface area contributed by atoms with Gasteiger partial charge in [0.1, 0.15) is 5.82 Å². The number of anilines is 1. The molecule has 5 heteroatoms. The topological polar surface area (TPSA) is 57.8 Å². The zero-order valence-corrected chi connectivity index (χ0v) is 16.4. The van der Waals surface area contributed by atoms with Crippen LogP contribution >= 0.6 is 11.8 Å². The molecule has 1 heterocycles. The molecule has 0 aliphatic carbocycles. The Morgan fingerprint density at radius 1 is 1.00 bits per heavy atom. The van der Waals surface area contributed by atoms with Crippen molar-refractivity contribution < 1.29 is 4.79 Å². The molecule has 0 aliphatic rings. The van der Waals surface area contributed by atoms with Crippen LogP contribution < -0.4 is 5.32 Å². The molecule has 0 saturated heterocycles. The maximum atomic E-state index is 12.5. The second-order valence-corrected chi connectivity index (χ2v) is 7.94. The number of hydrogen-bond donors (Lipinski definition) is 2. The summed E-state index contributed by atoms with van der Waals surface area (Å²) in [4.78, 5) is 20.4. The SMILES string of the molecule is CC(SCc1ccccc1)C(=O)Nc1ccc(-c2nc3ccccc3[nH]2)cc1. The number of benzene rings is 3. The van der Waals surface area contributed by atoms with Gasteiger partial charge in [0.15, 0.2) is 0 Å². The molecule has 0 fully saturated rings. The van der Waals surface area contributed by atoms with Crippen LogP contribution in [0.5, 0.6) is 0 Å². The first kappa shape index (κ1) is 18.3. The molecule has 1 aromatic heterocycles. The van der Waals surface area contributed by atoms with E-state index in [0.29, 0.717) is 0 Å². The molecule has 4 nitrogen and oxygen atoms in total. The van der Waals surface area contributed by atoms with Crippen molar-refractivity contribution in [2.45, 2.75) is 17.9 Å². The quantitative estimate of drug-likeness (QED) is 0.460. The molecule has 1 amide bonds. The number of H-pyrrole nitrogens is 1. The van der Waals surface area contributed by atoms with Gasteiger partial charge in [0.25, 0.3) is 0 Å². The van der Waals surface area contributed by atoms with E-state index in [4.69, 9.17) is 0 Å². The minimum absolute atomic E-state index is 0.0115. The van der Waals surface area contributed by atoms with Gasteiger partial charge < -0.3 is 10.3 Å².